The molecule has 0 aliphatic carbocycles. The standard InChI is InChI=1S/C27H51FO4/c1-4-5-6-7-8-9-10-11-12-13-14-17-22-27(28,23-18-15-20-25(29)31-2)24-19-16-21-26(30)32-3/h4-24H2,1-3H3. The highest BCUT2D eigenvalue weighted by Crippen LogP contribution is 2.32. The van der Waals surface area contributed by atoms with E-state index in [1.165, 1.54) is 78.4 Å². The summed E-state index contributed by atoms with van der Waals surface area (Å²) in [5.41, 5.74) is -1.19. The van der Waals surface area contributed by atoms with Gasteiger partial charge in [0.05, 0.1) is 14.2 Å². The fraction of sp³-hybridized carbons (Fsp3) is 0.926. The van der Waals surface area contributed by atoms with Gasteiger partial charge in [-0.05, 0) is 44.9 Å². The smallest absolute Gasteiger partial charge is 0.305 e. The van der Waals surface area contributed by atoms with Gasteiger partial charge in [-0.15, -0.1) is 0 Å². The average Bonchev–Trinajstić information content (AvgIpc) is 2.80. The molecule has 5 heteroatoms. The fourth-order valence-corrected chi connectivity index (χ4v) is 4.28. The summed E-state index contributed by atoms with van der Waals surface area (Å²) in [6.45, 7) is 2.25. The molecule has 0 heterocycles. The van der Waals surface area contributed by atoms with E-state index in [9.17, 15) is 9.59 Å². The summed E-state index contributed by atoms with van der Waals surface area (Å²) < 4.78 is 24.9. The zero-order chi connectivity index (χ0) is 23.9. The van der Waals surface area contributed by atoms with E-state index < -0.39 is 5.67 Å². The third-order valence-corrected chi connectivity index (χ3v) is 6.45. The first-order valence-electron chi connectivity index (χ1n) is 13.3. The minimum Gasteiger partial charge on any atom is -0.469 e. The molecule has 4 nitrogen and oxygen atoms in total. The summed E-state index contributed by atoms with van der Waals surface area (Å²) >= 11 is 0. The lowest BCUT2D eigenvalue weighted by Crippen LogP contribution is -2.23. The zero-order valence-electron chi connectivity index (χ0n) is 21.4. The molecule has 0 amide bonds. The molecule has 0 aliphatic heterocycles. The molecule has 0 N–H and O–H groups in total. The van der Waals surface area contributed by atoms with Gasteiger partial charge in [-0.1, -0.05) is 84.0 Å². The van der Waals surface area contributed by atoms with Gasteiger partial charge in [-0.3, -0.25) is 9.59 Å². The number of ether oxygens (including phenoxy) is 2. The van der Waals surface area contributed by atoms with Crippen LogP contribution in [-0.4, -0.2) is 31.8 Å². The summed E-state index contributed by atoms with van der Waals surface area (Å²) in [6.07, 6.45) is 20.2. The van der Waals surface area contributed by atoms with Gasteiger partial charge in [-0.25, -0.2) is 4.39 Å². The van der Waals surface area contributed by atoms with Crippen molar-refractivity contribution in [2.45, 2.75) is 147 Å². The highest BCUT2D eigenvalue weighted by Gasteiger charge is 2.28. The Morgan fingerprint density at radius 1 is 0.562 bits per heavy atom. The summed E-state index contributed by atoms with van der Waals surface area (Å²) in [7, 11) is 2.77. The van der Waals surface area contributed by atoms with E-state index in [1.807, 2.05) is 0 Å². The SMILES string of the molecule is CCCCCCCCCCCCCCC(F)(CCCCC(=O)OC)CCCCC(=O)OC. The molecular formula is C27H51FO4. The van der Waals surface area contributed by atoms with Crippen LogP contribution in [0.4, 0.5) is 4.39 Å². The number of halogens is 1. The van der Waals surface area contributed by atoms with Gasteiger partial charge in [-0.2, -0.15) is 0 Å². The second-order valence-electron chi connectivity index (χ2n) is 9.36. The van der Waals surface area contributed by atoms with Crippen molar-refractivity contribution in [2.75, 3.05) is 14.2 Å². The van der Waals surface area contributed by atoms with Gasteiger partial charge < -0.3 is 9.47 Å². The van der Waals surface area contributed by atoms with E-state index in [0.717, 1.165) is 12.8 Å². The van der Waals surface area contributed by atoms with Crippen molar-refractivity contribution >= 4 is 11.9 Å². The van der Waals surface area contributed by atoms with Crippen LogP contribution < -0.4 is 0 Å². The Morgan fingerprint density at radius 3 is 1.22 bits per heavy atom. The van der Waals surface area contributed by atoms with Crippen molar-refractivity contribution < 1.29 is 23.5 Å². The van der Waals surface area contributed by atoms with Crippen molar-refractivity contribution in [3.63, 3.8) is 0 Å². The van der Waals surface area contributed by atoms with Crippen molar-refractivity contribution in [1.29, 1.82) is 0 Å². The topological polar surface area (TPSA) is 52.6 Å². The minimum absolute atomic E-state index is 0.228. The molecule has 0 fully saturated rings. The van der Waals surface area contributed by atoms with Gasteiger partial charge in [0.1, 0.15) is 5.67 Å². The monoisotopic (exact) mass is 458 g/mol. The van der Waals surface area contributed by atoms with Gasteiger partial charge in [0.25, 0.3) is 0 Å². The van der Waals surface area contributed by atoms with E-state index in [1.54, 1.807) is 0 Å². The molecule has 0 aliphatic rings. The molecule has 190 valence electrons. The number of unbranched alkanes of at least 4 members (excludes halogenated alkanes) is 13. The Hall–Kier alpha value is -1.13. The van der Waals surface area contributed by atoms with Crippen LogP contribution in [0.1, 0.15) is 142 Å². The molecule has 0 rings (SSSR count). The first kappa shape index (κ1) is 30.9. The fourth-order valence-electron chi connectivity index (χ4n) is 4.28. The highest BCUT2D eigenvalue weighted by molar-refractivity contribution is 5.69. The largest absolute Gasteiger partial charge is 0.469 e. The number of rotatable bonds is 23. The van der Waals surface area contributed by atoms with Gasteiger partial charge >= 0.3 is 11.9 Å². The van der Waals surface area contributed by atoms with Crippen LogP contribution in [0, 0.1) is 0 Å². The van der Waals surface area contributed by atoms with Crippen LogP contribution in [0.15, 0.2) is 0 Å². The predicted octanol–water partition coefficient (Wildman–Crippen LogP) is 8.25. The molecule has 0 unspecified atom stereocenters. The highest BCUT2D eigenvalue weighted by atomic mass is 19.1. The normalized spacial score (nSPS) is 11.5. The van der Waals surface area contributed by atoms with Crippen LogP contribution in [-0.2, 0) is 19.1 Å². The number of hydrogen-bond acceptors (Lipinski definition) is 4. The minimum atomic E-state index is -1.19. The maximum Gasteiger partial charge on any atom is 0.305 e. The Kier molecular flexibility index (Phi) is 20.9. The maximum atomic E-state index is 15.6. The Balaban J connectivity index is 4.03. The maximum absolute atomic E-state index is 15.6. The lowest BCUT2D eigenvalue weighted by atomic mass is 9.87. The van der Waals surface area contributed by atoms with E-state index in [4.69, 9.17) is 0 Å². The predicted molar refractivity (Wildman–Crippen MR) is 131 cm³/mol. The molecule has 0 atom stereocenters. The molecule has 0 radical (unpaired) electrons. The average molecular weight is 459 g/mol. The lowest BCUT2D eigenvalue weighted by molar-refractivity contribution is -0.141. The summed E-state index contributed by atoms with van der Waals surface area (Å²) in [4.78, 5) is 22.6. The molecule has 0 aromatic carbocycles. The first-order valence-corrected chi connectivity index (χ1v) is 13.3. The number of carbonyl (C=O) groups excluding carboxylic acids is 2. The number of esters is 2. The molecular weight excluding hydrogens is 407 g/mol. The Labute approximate surface area is 197 Å². The number of hydrogen-bond donors (Lipinski definition) is 0. The van der Waals surface area contributed by atoms with E-state index in [2.05, 4.69) is 16.4 Å². The molecule has 0 aromatic heterocycles. The van der Waals surface area contributed by atoms with Crippen LogP contribution in [0.25, 0.3) is 0 Å². The van der Waals surface area contributed by atoms with E-state index in [-0.39, 0.29) is 11.9 Å². The second kappa shape index (κ2) is 21.7. The molecule has 0 aromatic rings. The zero-order valence-corrected chi connectivity index (χ0v) is 21.4. The third-order valence-electron chi connectivity index (χ3n) is 6.45. The molecule has 32 heavy (non-hydrogen) atoms. The summed E-state index contributed by atoms with van der Waals surface area (Å²) in [6, 6.07) is 0. The summed E-state index contributed by atoms with van der Waals surface area (Å²) in [5, 5.41) is 0. The second-order valence-corrected chi connectivity index (χ2v) is 9.36. The van der Waals surface area contributed by atoms with Crippen LogP contribution in [0.3, 0.4) is 0 Å². The van der Waals surface area contributed by atoms with Gasteiger partial charge in [0.15, 0.2) is 0 Å². The number of alkyl halides is 1. The van der Waals surface area contributed by atoms with Gasteiger partial charge in [0, 0.05) is 12.8 Å². The lowest BCUT2D eigenvalue weighted by Gasteiger charge is -2.25. The van der Waals surface area contributed by atoms with Crippen LogP contribution in [0.5, 0.6) is 0 Å². The summed E-state index contributed by atoms with van der Waals surface area (Å²) in [5.74, 6) is -0.456. The quantitative estimate of drug-likeness (QED) is 0.114. The van der Waals surface area contributed by atoms with Crippen molar-refractivity contribution in [2.24, 2.45) is 0 Å². The third kappa shape index (κ3) is 19.5. The van der Waals surface area contributed by atoms with Crippen LogP contribution in [0.2, 0.25) is 0 Å². The molecule has 0 saturated carbocycles. The Morgan fingerprint density at radius 2 is 0.875 bits per heavy atom. The number of methoxy groups -OCH3 is 2. The van der Waals surface area contributed by atoms with Crippen molar-refractivity contribution in [1.82, 2.24) is 0 Å². The van der Waals surface area contributed by atoms with E-state index >= 15 is 4.39 Å². The van der Waals surface area contributed by atoms with Crippen molar-refractivity contribution in [3.05, 3.63) is 0 Å². The van der Waals surface area contributed by atoms with Crippen LogP contribution >= 0.6 is 0 Å². The van der Waals surface area contributed by atoms with E-state index in [0.29, 0.717) is 57.8 Å². The van der Waals surface area contributed by atoms with Gasteiger partial charge in [0.2, 0.25) is 0 Å². The Bertz CT molecular complexity index is 429. The number of carbonyl (C=O) groups is 2. The van der Waals surface area contributed by atoms with Crippen molar-refractivity contribution in [3.8, 4) is 0 Å². The molecule has 0 spiro atoms. The first-order chi connectivity index (χ1) is 15.5. The molecule has 0 bridgehead atoms. The molecule has 0 saturated heterocycles.